The van der Waals surface area contributed by atoms with E-state index < -0.39 is 34.2 Å². The fraction of sp³-hybridized carbons (Fsp3) is 0.421. The van der Waals surface area contributed by atoms with E-state index in [0.29, 0.717) is 21.2 Å². The number of hydrogen-bond acceptors (Lipinski definition) is 6. The van der Waals surface area contributed by atoms with Gasteiger partial charge in [0.15, 0.2) is 11.2 Å². The maximum Gasteiger partial charge on any atom is 0.511 e. The number of halogens is 3. The number of pyridine rings is 1. The first-order valence-corrected chi connectivity index (χ1v) is 11.6. The number of rotatable bonds is 6. The van der Waals surface area contributed by atoms with E-state index in [2.05, 4.69) is 25.3 Å². The van der Waals surface area contributed by atoms with Gasteiger partial charge >= 0.3 is 15.5 Å². The van der Waals surface area contributed by atoms with Crippen molar-refractivity contribution >= 4 is 27.5 Å². The van der Waals surface area contributed by atoms with Crippen LogP contribution < -0.4 is 5.32 Å². The molecular formula is C19H17F3N8O3S. The molecule has 0 spiro atoms. The Morgan fingerprint density at radius 1 is 1.29 bits per heavy atom. The van der Waals surface area contributed by atoms with Crippen molar-refractivity contribution in [2.75, 3.05) is 25.0 Å². The van der Waals surface area contributed by atoms with E-state index in [9.17, 15) is 26.4 Å². The van der Waals surface area contributed by atoms with Gasteiger partial charge in [-0.2, -0.15) is 27.6 Å². The van der Waals surface area contributed by atoms with Crippen molar-refractivity contribution in [3.8, 4) is 11.3 Å². The zero-order chi connectivity index (χ0) is 24.3. The Morgan fingerprint density at radius 3 is 2.68 bits per heavy atom. The summed E-state index contributed by atoms with van der Waals surface area (Å²) >= 11 is 0. The SMILES string of the molecule is [C-]#[N+]CC1(n2cc(-c3cccc4nc(NC(=O)C5CC5)nn34)cn2)CN(S(=O)(=O)C(F)(F)F)C1. The lowest BCUT2D eigenvalue weighted by Gasteiger charge is -2.45. The van der Waals surface area contributed by atoms with Crippen molar-refractivity contribution in [1.82, 2.24) is 28.7 Å². The number of carbonyl (C=O) groups excluding carboxylic acids is 1. The van der Waals surface area contributed by atoms with Crippen LogP contribution in [0.25, 0.3) is 21.7 Å². The first kappa shape index (κ1) is 22.3. The van der Waals surface area contributed by atoms with Crippen LogP contribution in [0.3, 0.4) is 0 Å². The number of nitrogens with one attached hydrogen (secondary N) is 1. The summed E-state index contributed by atoms with van der Waals surface area (Å²) in [5.41, 5.74) is -5.12. The third-order valence-electron chi connectivity index (χ3n) is 5.85. The van der Waals surface area contributed by atoms with Gasteiger partial charge in [0.1, 0.15) is 0 Å². The number of anilines is 1. The quantitative estimate of drug-likeness (QED) is 0.522. The molecule has 3 aromatic rings. The molecule has 4 heterocycles. The van der Waals surface area contributed by atoms with Crippen LogP contribution in [0.5, 0.6) is 0 Å². The van der Waals surface area contributed by atoms with E-state index in [-0.39, 0.29) is 24.3 Å². The van der Waals surface area contributed by atoms with E-state index >= 15 is 0 Å². The summed E-state index contributed by atoms with van der Waals surface area (Å²) < 4.78 is 65.2. The summed E-state index contributed by atoms with van der Waals surface area (Å²) in [5.74, 6) is -0.0194. The molecule has 1 aliphatic heterocycles. The number of nitrogens with zero attached hydrogens (tertiary/aromatic N) is 7. The molecule has 1 aliphatic carbocycles. The van der Waals surface area contributed by atoms with Crippen LogP contribution in [-0.2, 0) is 20.4 Å². The van der Waals surface area contributed by atoms with Crippen molar-refractivity contribution in [3.05, 3.63) is 42.0 Å². The summed E-state index contributed by atoms with van der Waals surface area (Å²) in [7, 11) is -5.49. The van der Waals surface area contributed by atoms with Crippen molar-refractivity contribution < 1.29 is 26.4 Å². The number of sulfonamides is 1. The Bertz CT molecular complexity index is 1430. The molecule has 5 rings (SSSR count). The normalized spacial score (nSPS) is 18.4. The molecule has 0 atom stereocenters. The van der Waals surface area contributed by atoms with Crippen molar-refractivity contribution in [2.24, 2.45) is 5.92 Å². The van der Waals surface area contributed by atoms with Gasteiger partial charge in [-0.25, -0.2) is 19.5 Å². The molecule has 0 aromatic carbocycles. The lowest BCUT2D eigenvalue weighted by Crippen LogP contribution is -2.67. The Morgan fingerprint density at radius 2 is 2.03 bits per heavy atom. The summed E-state index contributed by atoms with van der Waals surface area (Å²) in [6.07, 6.45) is 4.64. The van der Waals surface area contributed by atoms with Crippen LogP contribution in [0.15, 0.2) is 30.6 Å². The minimum absolute atomic E-state index is 0.0221. The van der Waals surface area contributed by atoms with Gasteiger partial charge in [0.2, 0.25) is 18.4 Å². The molecule has 0 unspecified atom stereocenters. The van der Waals surface area contributed by atoms with Gasteiger partial charge in [0.05, 0.1) is 11.9 Å². The summed E-state index contributed by atoms with van der Waals surface area (Å²) in [4.78, 5) is 19.6. The molecule has 1 N–H and O–H groups in total. The highest BCUT2D eigenvalue weighted by atomic mass is 32.2. The van der Waals surface area contributed by atoms with Gasteiger partial charge in [-0.3, -0.25) is 14.8 Å². The molecule has 0 radical (unpaired) electrons. The molecule has 15 heteroatoms. The Kier molecular flexibility index (Phi) is 4.92. The predicted octanol–water partition coefficient (Wildman–Crippen LogP) is 1.72. The van der Waals surface area contributed by atoms with Crippen LogP contribution >= 0.6 is 0 Å². The molecule has 1 amide bonds. The predicted molar refractivity (Wildman–Crippen MR) is 112 cm³/mol. The van der Waals surface area contributed by atoms with Crippen LogP contribution in [0, 0.1) is 12.5 Å². The molecule has 1 saturated carbocycles. The number of carbonyl (C=O) groups is 1. The van der Waals surface area contributed by atoms with Gasteiger partial charge in [0, 0.05) is 30.8 Å². The standard InChI is InChI=1S/C19H17F3N8O3S/c1-23-9-18(10-28(11-18)34(32,33)19(20,21)22)29-8-13(7-24-29)14-3-2-4-15-25-17(27-30(14)15)26-16(31)12-5-6-12/h2-4,7-8,12H,5-6,9-11H2,(H,26,27,31). The van der Waals surface area contributed by atoms with E-state index in [1.165, 1.54) is 21.6 Å². The molecule has 1 saturated heterocycles. The number of amides is 1. The van der Waals surface area contributed by atoms with E-state index in [0.717, 1.165) is 12.8 Å². The minimum atomic E-state index is -5.49. The third-order valence-corrected chi connectivity index (χ3v) is 7.38. The third kappa shape index (κ3) is 3.59. The lowest BCUT2D eigenvalue weighted by molar-refractivity contribution is -0.117. The van der Waals surface area contributed by atoms with Gasteiger partial charge < -0.3 is 4.85 Å². The van der Waals surface area contributed by atoms with Crippen molar-refractivity contribution in [2.45, 2.75) is 23.9 Å². The molecule has 3 aromatic heterocycles. The second kappa shape index (κ2) is 7.50. The fourth-order valence-corrected chi connectivity index (χ4v) is 4.95. The smallest absolute Gasteiger partial charge is 0.314 e. The van der Waals surface area contributed by atoms with Crippen LogP contribution in [0.4, 0.5) is 19.1 Å². The lowest BCUT2D eigenvalue weighted by atomic mass is 9.92. The molecular weight excluding hydrogens is 477 g/mol. The van der Waals surface area contributed by atoms with Crippen LogP contribution in [0.2, 0.25) is 0 Å². The average molecular weight is 494 g/mol. The average Bonchev–Trinajstić information content (AvgIpc) is 3.33. The Labute approximate surface area is 191 Å². The Balaban J connectivity index is 1.43. The molecule has 2 aliphatic rings. The minimum Gasteiger partial charge on any atom is -0.314 e. The molecule has 34 heavy (non-hydrogen) atoms. The monoisotopic (exact) mass is 494 g/mol. The molecule has 178 valence electrons. The fourth-order valence-electron chi connectivity index (χ4n) is 3.84. The van der Waals surface area contributed by atoms with Gasteiger partial charge in [-0.05, 0) is 25.0 Å². The Hall–Kier alpha value is -3.51. The number of aromatic nitrogens is 5. The number of hydrogen-bond donors (Lipinski definition) is 1. The van der Waals surface area contributed by atoms with Crippen molar-refractivity contribution in [3.63, 3.8) is 0 Å². The molecule has 11 nitrogen and oxygen atoms in total. The van der Waals surface area contributed by atoms with Crippen molar-refractivity contribution in [1.29, 1.82) is 0 Å². The van der Waals surface area contributed by atoms with Gasteiger partial charge in [-0.15, -0.1) is 5.10 Å². The summed E-state index contributed by atoms with van der Waals surface area (Å²) in [5, 5.41) is 11.2. The second-order valence-corrected chi connectivity index (χ2v) is 10.2. The highest BCUT2D eigenvalue weighted by molar-refractivity contribution is 7.90. The van der Waals surface area contributed by atoms with Crippen LogP contribution in [0.1, 0.15) is 12.8 Å². The first-order valence-electron chi connectivity index (χ1n) is 10.2. The second-order valence-electron chi connectivity index (χ2n) is 8.31. The maximum absolute atomic E-state index is 12.9. The van der Waals surface area contributed by atoms with E-state index in [4.69, 9.17) is 6.57 Å². The number of alkyl halides is 3. The maximum atomic E-state index is 12.9. The highest BCUT2D eigenvalue weighted by Crippen LogP contribution is 2.38. The zero-order valence-electron chi connectivity index (χ0n) is 17.4. The largest absolute Gasteiger partial charge is 0.511 e. The summed E-state index contributed by atoms with van der Waals surface area (Å²) in [6, 6.07) is 5.14. The van der Waals surface area contributed by atoms with Gasteiger partial charge in [0.25, 0.3) is 0 Å². The van der Waals surface area contributed by atoms with Crippen LogP contribution in [-0.4, -0.2) is 68.2 Å². The topological polar surface area (TPSA) is 119 Å². The first-order chi connectivity index (χ1) is 16.0. The highest BCUT2D eigenvalue weighted by Gasteiger charge is 2.60. The summed E-state index contributed by atoms with van der Waals surface area (Å²) in [6.45, 7) is 5.90. The number of fused-ring (bicyclic) bond motifs is 1. The molecule has 2 fully saturated rings. The van der Waals surface area contributed by atoms with Gasteiger partial charge in [-0.1, -0.05) is 6.07 Å². The van der Waals surface area contributed by atoms with E-state index in [1.54, 1.807) is 18.2 Å². The molecule has 0 bridgehead atoms. The zero-order valence-corrected chi connectivity index (χ0v) is 18.2. The van der Waals surface area contributed by atoms with E-state index in [1.807, 2.05) is 0 Å².